The number of carbonyl (C=O) groups excluding carboxylic acids is 1. The number of sulfone groups is 1. The highest BCUT2D eigenvalue weighted by atomic mass is 32.2. The largest absolute Gasteiger partial charge is 0.464 e. The van der Waals surface area contributed by atoms with Crippen LogP contribution < -0.4 is 0 Å². The lowest BCUT2D eigenvalue weighted by Crippen LogP contribution is -2.34. The van der Waals surface area contributed by atoms with Gasteiger partial charge in [-0.1, -0.05) is 12.1 Å². The van der Waals surface area contributed by atoms with Crippen LogP contribution in [-0.4, -0.2) is 32.4 Å². The van der Waals surface area contributed by atoms with Gasteiger partial charge in [0.1, 0.15) is 0 Å². The highest BCUT2D eigenvalue weighted by Crippen LogP contribution is 2.23. The van der Waals surface area contributed by atoms with E-state index in [2.05, 4.69) is 0 Å². The fraction of sp³-hybridized carbons (Fsp3) is 0.417. The van der Waals surface area contributed by atoms with Gasteiger partial charge in [0.25, 0.3) is 0 Å². The first-order valence-electron chi connectivity index (χ1n) is 5.39. The summed E-state index contributed by atoms with van der Waals surface area (Å²) in [4.78, 5) is 11.7. The first-order valence-corrected chi connectivity index (χ1v) is 7.29. The van der Waals surface area contributed by atoms with E-state index in [0.717, 1.165) is 6.26 Å². The number of ether oxygens (including phenoxy) is 1. The average molecular weight is 272 g/mol. The summed E-state index contributed by atoms with van der Waals surface area (Å²) in [7, 11) is -3.29. The third kappa shape index (κ3) is 3.08. The zero-order valence-corrected chi connectivity index (χ0v) is 11.3. The summed E-state index contributed by atoms with van der Waals surface area (Å²) in [6.07, 6.45) is 1.09. The van der Waals surface area contributed by atoms with E-state index in [-0.39, 0.29) is 17.1 Å². The van der Waals surface area contributed by atoms with Gasteiger partial charge in [0, 0.05) is 6.26 Å². The highest BCUT2D eigenvalue weighted by Gasteiger charge is 2.34. The van der Waals surface area contributed by atoms with Crippen molar-refractivity contribution >= 4 is 15.8 Å². The van der Waals surface area contributed by atoms with Crippen LogP contribution in [0, 0.1) is 0 Å². The molecule has 1 rings (SSSR count). The van der Waals surface area contributed by atoms with Crippen molar-refractivity contribution in [3.05, 3.63) is 29.8 Å². The minimum atomic E-state index is -3.29. The third-order valence-electron chi connectivity index (χ3n) is 2.52. The fourth-order valence-corrected chi connectivity index (χ4v) is 2.05. The molecule has 1 aromatic rings. The molecule has 5 nitrogen and oxygen atoms in total. The number of hydrogen-bond acceptors (Lipinski definition) is 5. The molecule has 0 aromatic heterocycles. The lowest BCUT2D eigenvalue weighted by molar-refractivity contribution is -0.164. The molecule has 0 saturated carbocycles. The van der Waals surface area contributed by atoms with Gasteiger partial charge in [0.2, 0.25) is 0 Å². The Kier molecular flexibility index (Phi) is 4.13. The van der Waals surface area contributed by atoms with E-state index in [1.807, 2.05) is 0 Å². The van der Waals surface area contributed by atoms with Gasteiger partial charge in [-0.25, -0.2) is 13.2 Å². The second-order valence-corrected chi connectivity index (χ2v) is 6.10. The van der Waals surface area contributed by atoms with Crippen molar-refractivity contribution in [1.82, 2.24) is 0 Å². The summed E-state index contributed by atoms with van der Waals surface area (Å²) in [5, 5.41) is 10.1. The van der Waals surface area contributed by atoms with Gasteiger partial charge in [-0.15, -0.1) is 0 Å². The molecule has 0 fully saturated rings. The number of aliphatic hydroxyl groups is 1. The van der Waals surface area contributed by atoms with Gasteiger partial charge in [-0.05, 0) is 31.5 Å². The number of rotatable bonds is 4. The molecule has 0 aliphatic heterocycles. The normalized spacial score (nSPS) is 14.9. The Balaban J connectivity index is 3.08. The van der Waals surface area contributed by atoms with E-state index < -0.39 is 21.4 Å². The molecule has 6 heteroatoms. The van der Waals surface area contributed by atoms with Crippen LogP contribution in [-0.2, 0) is 25.0 Å². The smallest absolute Gasteiger partial charge is 0.342 e. The Morgan fingerprint density at radius 3 is 2.22 bits per heavy atom. The maximum atomic E-state index is 11.6. The molecule has 1 N–H and O–H groups in total. The van der Waals surface area contributed by atoms with Gasteiger partial charge in [-0.2, -0.15) is 0 Å². The average Bonchev–Trinajstić information content (AvgIpc) is 2.28. The van der Waals surface area contributed by atoms with Crippen molar-refractivity contribution in [2.75, 3.05) is 12.9 Å². The minimum absolute atomic E-state index is 0.130. The maximum Gasteiger partial charge on any atom is 0.342 e. The maximum absolute atomic E-state index is 11.6. The second-order valence-electron chi connectivity index (χ2n) is 4.09. The van der Waals surface area contributed by atoms with Crippen LogP contribution in [0.5, 0.6) is 0 Å². The molecule has 1 atom stereocenters. The molecule has 0 bridgehead atoms. The molecule has 0 heterocycles. The van der Waals surface area contributed by atoms with E-state index in [0.29, 0.717) is 0 Å². The molecular formula is C12H16O5S. The molecule has 0 radical (unpaired) electrons. The van der Waals surface area contributed by atoms with E-state index in [9.17, 15) is 18.3 Å². The summed E-state index contributed by atoms with van der Waals surface area (Å²) in [5.74, 6) is -0.767. The number of esters is 1. The Labute approximate surface area is 106 Å². The summed E-state index contributed by atoms with van der Waals surface area (Å²) in [6, 6.07) is 5.48. The van der Waals surface area contributed by atoms with E-state index >= 15 is 0 Å². The van der Waals surface area contributed by atoms with Gasteiger partial charge >= 0.3 is 5.97 Å². The Morgan fingerprint density at radius 2 is 1.83 bits per heavy atom. The molecule has 1 aromatic carbocycles. The molecule has 0 aliphatic rings. The van der Waals surface area contributed by atoms with Crippen molar-refractivity contribution in [2.45, 2.75) is 24.3 Å². The first kappa shape index (κ1) is 14.7. The predicted molar refractivity (Wildman–Crippen MR) is 65.8 cm³/mol. The van der Waals surface area contributed by atoms with Crippen LogP contribution in [0.3, 0.4) is 0 Å². The van der Waals surface area contributed by atoms with Crippen LogP contribution >= 0.6 is 0 Å². The molecule has 1 unspecified atom stereocenters. The van der Waals surface area contributed by atoms with Crippen LogP contribution in [0.2, 0.25) is 0 Å². The molecule has 100 valence electrons. The summed E-state index contributed by atoms with van der Waals surface area (Å²) in [6.45, 7) is 3.11. The van der Waals surface area contributed by atoms with Crippen molar-refractivity contribution in [1.29, 1.82) is 0 Å². The van der Waals surface area contributed by atoms with Crippen molar-refractivity contribution in [3.8, 4) is 0 Å². The first-order chi connectivity index (χ1) is 8.19. The van der Waals surface area contributed by atoms with Crippen molar-refractivity contribution in [3.63, 3.8) is 0 Å². The molecule has 0 saturated heterocycles. The summed E-state index contributed by atoms with van der Waals surface area (Å²) < 4.78 is 27.3. The van der Waals surface area contributed by atoms with Crippen LogP contribution in [0.25, 0.3) is 0 Å². The molecular weight excluding hydrogens is 256 g/mol. The fourth-order valence-electron chi connectivity index (χ4n) is 1.42. The van der Waals surface area contributed by atoms with Crippen LogP contribution in [0.15, 0.2) is 29.2 Å². The predicted octanol–water partition coefficient (Wildman–Crippen LogP) is 0.861. The van der Waals surface area contributed by atoms with Crippen LogP contribution in [0.4, 0.5) is 0 Å². The van der Waals surface area contributed by atoms with Gasteiger partial charge < -0.3 is 9.84 Å². The number of benzene rings is 1. The number of carbonyl (C=O) groups is 1. The summed E-state index contributed by atoms with van der Waals surface area (Å²) in [5.41, 5.74) is -1.50. The lowest BCUT2D eigenvalue weighted by Gasteiger charge is -2.21. The third-order valence-corrected chi connectivity index (χ3v) is 3.65. The van der Waals surface area contributed by atoms with Crippen LogP contribution in [0.1, 0.15) is 19.4 Å². The van der Waals surface area contributed by atoms with E-state index in [1.54, 1.807) is 6.92 Å². The summed E-state index contributed by atoms with van der Waals surface area (Å²) >= 11 is 0. The zero-order chi connectivity index (χ0) is 14.0. The van der Waals surface area contributed by atoms with E-state index in [1.165, 1.54) is 31.2 Å². The SMILES string of the molecule is CCOC(=O)C(C)(O)c1ccc(S(C)(=O)=O)cc1. The Hall–Kier alpha value is -1.40. The van der Waals surface area contributed by atoms with Gasteiger partial charge in [-0.3, -0.25) is 0 Å². The van der Waals surface area contributed by atoms with Gasteiger partial charge in [0.15, 0.2) is 15.4 Å². The molecule has 0 aliphatic carbocycles. The monoisotopic (exact) mass is 272 g/mol. The molecule has 0 amide bonds. The lowest BCUT2D eigenvalue weighted by atomic mass is 9.96. The van der Waals surface area contributed by atoms with Crippen molar-refractivity contribution in [2.24, 2.45) is 0 Å². The second kappa shape index (κ2) is 5.07. The van der Waals surface area contributed by atoms with Gasteiger partial charge in [0.05, 0.1) is 11.5 Å². The van der Waals surface area contributed by atoms with Crippen molar-refractivity contribution < 1.29 is 23.1 Å². The Morgan fingerprint density at radius 1 is 1.33 bits per heavy atom. The molecule has 0 spiro atoms. The standard InChI is InChI=1S/C12H16O5S/c1-4-17-11(13)12(2,14)9-5-7-10(8-6-9)18(3,15)16/h5-8,14H,4H2,1-3H3. The quantitative estimate of drug-likeness (QED) is 0.822. The zero-order valence-electron chi connectivity index (χ0n) is 10.5. The van der Waals surface area contributed by atoms with E-state index in [4.69, 9.17) is 4.74 Å². The Bertz CT molecular complexity index is 528. The molecule has 18 heavy (non-hydrogen) atoms. The number of hydrogen-bond donors (Lipinski definition) is 1. The highest BCUT2D eigenvalue weighted by molar-refractivity contribution is 7.90. The minimum Gasteiger partial charge on any atom is -0.464 e. The topological polar surface area (TPSA) is 80.7 Å².